The molecule has 24 heavy (non-hydrogen) atoms. The maximum Gasteiger partial charge on any atom is 0.227 e. The van der Waals surface area contributed by atoms with Crippen LogP contribution in [0.4, 0.5) is 0 Å². The summed E-state index contributed by atoms with van der Waals surface area (Å²) in [5.74, 6) is 1.63. The first-order chi connectivity index (χ1) is 11.8. The Hall–Kier alpha value is -2.28. The number of ether oxygens (including phenoxy) is 1. The van der Waals surface area contributed by atoms with Gasteiger partial charge in [0.15, 0.2) is 0 Å². The molecule has 0 unspecified atom stereocenters. The zero-order valence-electron chi connectivity index (χ0n) is 13.5. The highest BCUT2D eigenvalue weighted by Gasteiger charge is 2.34. The van der Waals surface area contributed by atoms with E-state index in [0.717, 1.165) is 50.5 Å². The van der Waals surface area contributed by atoms with Crippen LogP contribution < -0.4 is 0 Å². The van der Waals surface area contributed by atoms with Crippen LogP contribution in [0, 0.1) is 0 Å². The van der Waals surface area contributed by atoms with E-state index in [2.05, 4.69) is 19.7 Å². The molecule has 2 aliphatic rings. The van der Waals surface area contributed by atoms with Crippen molar-refractivity contribution in [3.63, 3.8) is 0 Å². The predicted molar refractivity (Wildman–Crippen MR) is 86.4 cm³/mol. The molecule has 0 saturated carbocycles. The lowest BCUT2D eigenvalue weighted by Gasteiger charge is -2.41. The average molecular weight is 327 g/mol. The molecule has 2 saturated heterocycles. The zero-order chi connectivity index (χ0) is 16.4. The standard InChI is InChI=1S/C17H21N5O2/c23-16(9-13-1-5-18-6-2-13)21-10-15(11-21)22-12-19-20-17(22)14-3-7-24-8-4-14/h1-2,5-6,12,14-15H,3-4,7-11H2. The maximum absolute atomic E-state index is 12.3. The van der Waals surface area contributed by atoms with Gasteiger partial charge in [0.05, 0.1) is 12.5 Å². The van der Waals surface area contributed by atoms with Crippen molar-refractivity contribution in [3.05, 3.63) is 42.2 Å². The second-order valence-corrected chi connectivity index (χ2v) is 6.47. The number of hydrogen-bond donors (Lipinski definition) is 0. The highest BCUT2D eigenvalue weighted by Crippen LogP contribution is 2.30. The first-order valence-electron chi connectivity index (χ1n) is 8.45. The molecule has 0 spiro atoms. The quantitative estimate of drug-likeness (QED) is 0.843. The van der Waals surface area contributed by atoms with E-state index in [1.165, 1.54) is 0 Å². The molecule has 1 amide bonds. The van der Waals surface area contributed by atoms with Crippen molar-refractivity contribution in [1.29, 1.82) is 0 Å². The molecule has 4 rings (SSSR count). The van der Waals surface area contributed by atoms with Crippen molar-refractivity contribution in [2.45, 2.75) is 31.2 Å². The SMILES string of the molecule is O=C(Cc1ccncc1)N1CC(n2cnnc2C2CCOCC2)C1. The molecule has 0 aliphatic carbocycles. The van der Waals surface area contributed by atoms with Crippen molar-refractivity contribution in [2.24, 2.45) is 0 Å². The van der Waals surface area contributed by atoms with Gasteiger partial charge in [-0.2, -0.15) is 0 Å². The molecule has 0 bridgehead atoms. The van der Waals surface area contributed by atoms with Gasteiger partial charge in [0.2, 0.25) is 5.91 Å². The van der Waals surface area contributed by atoms with Gasteiger partial charge >= 0.3 is 0 Å². The van der Waals surface area contributed by atoms with E-state index in [1.807, 2.05) is 17.0 Å². The molecule has 4 heterocycles. The second kappa shape index (κ2) is 6.68. The van der Waals surface area contributed by atoms with Crippen LogP contribution in [0.15, 0.2) is 30.9 Å². The highest BCUT2D eigenvalue weighted by molar-refractivity contribution is 5.79. The molecular weight excluding hydrogens is 306 g/mol. The highest BCUT2D eigenvalue weighted by atomic mass is 16.5. The van der Waals surface area contributed by atoms with Crippen LogP contribution in [0.5, 0.6) is 0 Å². The minimum atomic E-state index is 0.165. The minimum Gasteiger partial charge on any atom is -0.381 e. The number of aromatic nitrogens is 4. The average Bonchev–Trinajstić information content (AvgIpc) is 3.04. The number of nitrogens with zero attached hydrogens (tertiary/aromatic N) is 5. The fraction of sp³-hybridized carbons (Fsp3) is 0.529. The monoisotopic (exact) mass is 327 g/mol. The van der Waals surface area contributed by atoms with Gasteiger partial charge in [-0.25, -0.2) is 0 Å². The van der Waals surface area contributed by atoms with E-state index in [1.54, 1.807) is 18.7 Å². The van der Waals surface area contributed by atoms with Crippen LogP contribution in [0.3, 0.4) is 0 Å². The Morgan fingerprint density at radius 3 is 2.71 bits per heavy atom. The van der Waals surface area contributed by atoms with Crippen LogP contribution in [-0.2, 0) is 16.0 Å². The Morgan fingerprint density at radius 2 is 1.96 bits per heavy atom. The third kappa shape index (κ3) is 3.03. The fourth-order valence-electron chi connectivity index (χ4n) is 3.40. The van der Waals surface area contributed by atoms with Gasteiger partial charge in [-0.15, -0.1) is 10.2 Å². The number of carbonyl (C=O) groups is 1. The third-order valence-corrected chi connectivity index (χ3v) is 4.90. The molecule has 7 heteroatoms. The summed E-state index contributed by atoms with van der Waals surface area (Å²) in [6, 6.07) is 4.07. The van der Waals surface area contributed by atoms with Crippen LogP contribution in [0.2, 0.25) is 0 Å². The van der Waals surface area contributed by atoms with Gasteiger partial charge in [-0.1, -0.05) is 0 Å². The molecule has 2 fully saturated rings. The largest absolute Gasteiger partial charge is 0.381 e. The van der Waals surface area contributed by atoms with E-state index in [4.69, 9.17) is 4.74 Å². The van der Waals surface area contributed by atoms with Crippen molar-refractivity contribution in [2.75, 3.05) is 26.3 Å². The van der Waals surface area contributed by atoms with Gasteiger partial charge in [-0.05, 0) is 30.5 Å². The molecular formula is C17H21N5O2. The minimum absolute atomic E-state index is 0.165. The Bertz CT molecular complexity index is 690. The van der Waals surface area contributed by atoms with Gasteiger partial charge in [0, 0.05) is 44.6 Å². The number of rotatable bonds is 4. The van der Waals surface area contributed by atoms with Crippen molar-refractivity contribution in [1.82, 2.24) is 24.6 Å². The summed E-state index contributed by atoms with van der Waals surface area (Å²) < 4.78 is 7.59. The Morgan fingerprint density at radius 1 is 1.21 bits per heavy atom. The second-order valence-electron chi connectivity index (χ2n) is 6.47. The molecule has 2 aromatic rings. The zero-order valence-corrected chi connectivity index (χ0v) is 13.5. The summed E-state index contributed by atoms with van der Waals surface area (Å²) >= 11 is 0. The Labute approximate surface area is 140 Å². The van der Waals surface area contributed by atoms with Gasteiger partial charge < -0.3 is 14.2 Å². The molecule has 0 radical (unpaired) electrons. The number of amides is 1. The molecule has 0 aromatic carbocycles. The summed E-state index contributed by atoms with van der Waals surface area (Å²) in [6.07, 6.45) is 7.67. The number of carbonyl (C=O) groups excluding carboxylic acids is 1. The number of hydrogen-bond acceptors (Lipinski definition) is 5. The normalized spacial score (nSPS) is 19.2. The number of pyridine rings is 1. The van der Waals surface area contributed by atoms with Crippen molar-refractivity contribution >= 4 is 5.91 Å². The first-order valence-corrected chi connectivity index (χ1v) is 8.45. The summed E-state index contributed by atoms with van der Waals surface area (Å²) in [5, 5.41) is 8.43. The van der Waals surface area contributed by atoms with Crippen LogP contribution in [-0.4, -0.2) is 56.9 Å². The van der Waals surface area contributed by atoms with Crippen molar-refractivity contribution < 1.29 is 9.53 Å². The Kier molecular flexibility index (Phi) is 4.25. The fourth-order valence-corrected chi connectivity index (χ4v) is 3.40. The molecule has 0 atom stereocenters. The van der Waals surface area contributed by atoms with Crippen LogP contribution in [0.25, 0.3) is 0 Å². The molecule has 7 nitrogen and oxygen atoms in total. The lowest BCUT2D eigenvalue weighted by Crippen LogP contribution is -2.51. The van der Waals surface area contributed by atoms with E-state index >= 15 is 0 Å². The molecule has 0 N–H and O–H groups in total. The summed E-state index contributed by atoms with van der Waals surface area (Å²) in [7, 11) is 0. The van der Waals surface area contributed by atoms with E-state index < -0.39 is 0 Å². The third-order valence-electron chi connectivity index (χ3n) is 4.90. The van der Waals surface area contributed by atoms with E-state index in [0.29, 0.717) is 18.4 Å². The molecule has 2 aliphatic heterocycles. The van der Waals surface area contributed by atoms with Crippen LogP contribution in [0.1, 0.15) is 36.2 Å². The smallest absolute Gasteiger partial charge is 0.227 e. The van der Waals surface area contributed by atoms with Gasteiger partial charge in [0.25, 0.3) is 0 Å². The maximum atomic E-state index is 12.3. The first kappa shape index (κ1) is 15.3. The number of likely N-dealkylation sites (tertiary alicyclic amines) is 1. The lowest BCUT2D eigenvalue weighted by molar-refractivity contribution is -0.136. The van der Waals surface area contributed by atoms with Gasteiger partial charge in [0.1, 0.15) is 12.2 Å². The molecule has 2 aromatic heterocycles. The molecule has 126 valence electrons. The van der Waals surface area contributed by atoms with E-state index in [-0.39, 0.29) is 5.91 Å². The summed E-state index contributed by atoms with van der Waals surface area (Å²) in [4.78, 5) is 18.2. The van der Waals surface area contributed by atoms with Crippen molar-refractivity contribution in [3.8, 4) is 0 Å². The van der Waals surface area contributed by atoms with Gasteiger partial charge in [-0.3, -0.25) is 9.78 Å². The summed E-state index contributed by atoms with van der Waals surface area (Å²) in [6.45, 7) is 3.05. The topological polar surface area (TPSA) is 73.1 Å². The van der Waals surface area contributed by atoms with Crippen LogP contribution >= 0.6 is 0 Å². The van der Waals surface area contributed by atoms with E-state index in [9.17, 15) is 4.79 Å². The summed E-state index contributed by atoms with van der Waals surface area (Å²) in [5.41, 5.74) is 1.01. The lowest BCUT2D eigenvalue weighted by atomic mass is 9.98. The predicted octanol–water partition coefficient (Wildman–Crippen LogP) is 1.19. The Balaban J connectivity index is 1.36.